The average molecular weight is 313 g/mol. The van der Waals surface area contributed by atoms with E-state index in [0.717, 1.165) is 54.9 Å². The van der Waals surface area contributed by atoms with Crippen molar-refractivity contribution in [3.8, 4) is 0 Å². The maximum Gasteiger partial charge on any atom is 0.192 e. The molecule has 1 aromatic rings. The molecular weight excluding hydrogens is 286 g/mol. The molecule has 23 heavy (non-hydrogen) atoms. The molecule has 0 spiro atoms. The molecule has 1 aromatic heterocycles. The minimum absolute atomic E-state index is 0.104. The van der Waals surface area contributed by atoms with Gasteiger partial charge in [0.15, 0.2) is 5.43 Å². The Hall–Kier alpha value is -1.87. The molecule has 1 aliphatic heterocycles. The number of rotatable bonds is 5. The van der Waals surface area contributed by atoms with E-state index in [1.165, 1.54) is 0 Å². The van der Waals surface area contributed by atoms with Crippen molar-refractivity contribution < 1.29 is 4.74 Å². The Morgan fingerprint density at radius 3 is 2.65 bits per heavy atom. The molecule has 2 rings (SSSR count). The van der Waals surface area contributed by atoms with Gasteiger partial charge in [0.05, 0.1) is 0 Å². The second-order valence-electron chi connectivity index (χ2n) is 6.36. The SMILES string of the molecule is C=C(C)/C=C\C(=CC)c1cn(CC2CCOCC2)cc(C)c1=O. The minimum Gasteiger partial charge on any atom is -0.381 e. The second kappa shape index (κ2) is 8.11. The third kappa shape index (κ3) is 4.80. The van der Waals surface area contributed by atoms with Gasteiger partial charge in [-0.15, -0.1) is 0 Å². The van der Waals surface area contributed by atoms with E-state index >= 15 is 0 Å². The Morgan fingerprint density at radius 2 is 2.04 bits per heavy atom. The molecule has 0 saturated carbocycles. The molecule has 0 unspecified atom stereocenters. The lowest BCUT2D eigenvalue weighted by Gasteiger charge is -2.23. The molecule has 1 saturated heterocycles. The number of aromatic nitrogens is 1. The highest BCUT2D eigenvalue weighted by Gasteiger charge is 2.15. The van der Waals surface area contributed by atoms with E-state index in [0.29, 0.717) is 5.92 Å². The van der Waals surface area contributed by atoms with Crippen LogP contribution in [0, 0.1) is 12.8 Å². The summed E-state index contributed by atoms with van der Waals surface area (Å²) in [6.07, 6.45) is 12.0. The molecule has 0 radical (unpaired) electrons. The number of aryl methyl sites for hydroxylation is 1. The number of nitrogens with zero attached hydrogens (tertiary/aromatic N) is 1. The Kier molecular flexibility index (Phi) is 6.17. The number of allylic oxidation sites excluding steroid dienone is 5. The molecule has 0 amide bonds. The molecule has 1 fully saturated rings. The first-order valence-electron chi connectivity index (χ1n) is 8.30. The fraction of sp³-hybridized carbons (Fsp3) is 0.450. The van der Waals surface area contributed by atoms with Crippen LogP contribution in [0.3, 0.4) is 0 Å². The quantitative estimate of drug-likeness (QED) is 0.766. The largest absolute Gasteiger partial charge is 0.381 e. The molecule has 0 aromatic carbocycles. The normalized spacial score (nSPS) is 16.9. The zero-order valence-electron chi connectivity index (χ0n) is 14.5. The van der Waals surface area contributed by atoms with Gasteiger partial charge in [-0.05, 0) is 45.1 Å². The lowest BCUT2D eigenvalue weighted by molar-refractivity contribution is 0.0612. The molecule has 0 aliphatic carbocycles. The molecular formula is C20H27NO2. The van der Waals surface area contributed by atoms with Crippen LogP contribution in [0.4, 0.5) is 0 Å². The fourth-order valence-corrected chi connectivity index (χ4v) is 2.89. The van der Waals surface area contributed by atoms with Gasteiger partial charge in [-0.3, -0.25) is 4.79 Å². The second-order valence-corrected chi connectivity index (χ2v) is 6.36. The smallest absolute Gasteiger partial charge is 0.192 e. The van der Waals surface area contributed by atoms with E-state index in [-0.39, 0.29) is 5.43 Å². The Morgan fingerprint density at radius 1 is 1.35 bits per heavy atom. The Balaban J connectivity index is 2.31. The molecule has 124 valence electrons. The lowest BCUT2D eigenvalue weighted by Crippen LogP contribution is -2.22. The van der Waals surface area contributed by atoms with Crippen molar-refractivity contribution in [3.63, 3.8) is 0 Å². The van der Waals surface area contributed by atoms with Crippen LogP contribution in [-0.2, 0) is 11.3 Å². The first-order chi connectivity index (χ1) is 11.0. The summed E-state index contributed by atoms with van der Waals surface area (Å²) in [5.74, 6) is 0.624. The van der Waals surface area contributed by atoms with Gasteiger partial charge in [0.25, 0.3) is 0 Å². The summed E-state index contributed by atoms with van der Waals surface area (Å²) in [5.41, 5.74) is 3.57. The zero-order chi connectivity index (χ0) is 16.8. The first-order valence-corrected chi connectivity index (χ1v) is 8.30. The van der Waals surface area contributed by atoms with Crippen LogP contribution >= 0.6 is 0 Å². The van der Waals surface area contributed by atoms with Crippen LogP contribution in [-0.4, -0.2) is 17.8 Å². The molecule has 0 bridgehead atoms. The van der Waals surface area contributed by atoms with E-state index in [1.54, 1.807) is 0 Å². The maximum absolute atomic E-state index is 12.5. The van der Waals surface area contributed by atoms with Gasteiger partial charge < -0.3 is 9.30 Å². The van der Waals surface area contributed by atoms with Gasteiger partial charge in [-0.25, -0.2) is 0 Å². The average Bonchev–Trinajstić information content (AvgIpc) is 2.53. The van der Waals surface area contributed by atoms with Crippen molar-refractivity contribution in [1.29, 1.82) is 0 Å². The minimum atomic E-state index is 0.104. The summed E-state index contributed by atoms with van der Waals surface area (Å²) in [4.78, 5) is 12.5. The van der Waals surface area contributed by atoms with E-state index in [2.05, 4.69) is 11.1 Å². The zero-order valence-corrected chi connectivity index (χ0v) is 14.5. The van der Waals surface area contributed by atoms with Crippen LogP contribution < -0.4 is 5.43 Å². The van der Waals surface area contributed by atoms with E-state index in [1.807, 2.05) is 51.4 Å². The third-order valence-corrected chi connectivity index (χ3v) is 4.24. The molecule has 3 nitrogen and oxygen atoms in total. The highest BCUT2D eigenvalue weighted by Crippen LogP contribution is 2.19. The van der Waals surface area contributed by atoms with Gasteiger partial charge in [-0.2, -0.15) is 0 Å². The number of ether oxygens (including phenoxy) is 1. The summed E-state index contributed by atoms with van der Waals surface area (Å²) in [5, 5.41) is 0. The highest BCUT2D eigenvalue weighted by molar-refractivity contribution is 5.74. The van der Waals surface area contributed by atoms with Gasteiger partial charge in [0.2, 0.25) is 0 Å². The number of pyridine rings is 1. The van der Waals surface area contributed by atoms with Crippen LogP contribution in [0.15, 0.2) is 47.6 Å². The molecule has 0 N–H and O–H groups in total. The van der Waals surface area contributed by atoms with Gasteiger partial charge in [0.1, 0.15) is 0 Å². The van der Waals surface area contributed by atoms with Gasteiger partial charge in [-0.1, -0.05) is 30.4 Å². The number of hydrogen-bond donors (Lipinski definition) is 0. The van der Waals surface area contributed by atoms with Crippen molar-refractivity contribution in [3.05, 3.63) is 64.1 Å². The maximum atomic E-state index is 12.5. The van der Waals surface area contributed by atoms with Crippen LogP contribution in [0.25, 0.3) is 5.57 Å². The molecule has 2 heterocycles. The van der Waals surface area contributed by atoms with E-state index in [4.69, 9.17) is 4.74 Å². The highest BCUT2D eigenvalue weighted by atomic mass is 16.5. The van der Waals surface area contributed by atoms with Crippen LogP contribution in [0.1, 0.15) is 37.8 Å². The molecule has 1 aliphatic rings. The standard InChI is InChI=1S/C20H27NO2/c1-5-18(7-6-15(2)3)19-14-21(12-16(4)20(19)22)13-17-8-10-23-11-9-17/h5-7,12,14,17H,2,8-11,13H2,1,3-4H3/b7-6-,18-5?. The summed E-state index contributed by atoms with van der Waals surface area (Å²) >= 11 is 0. The van der Waals surface area contributed by atoms with E-state index < -0.39 is 0 Å². The van der Waals surface area contributed by atoms with Crippen molar-refractivity contribution in [2.45, 2.75) is 40.2 Å². The fourth-order valence-electron chi connectivity index (χ4n) is 2.89. The van der Waals surface area contributed by atoms with Crippen molar-refractivity contribution >= 4 is 5.57 Å². The summed E-state index contributed by atoms with van der Waals surface area (Å²) in [7, 11) is 0. The molecule has 3 heteroatoms. The molecule has 0 atom stereocenters. The lowest BCUT2D eigenvalue weighted by atomic mass is 9.99. The Labute approximate surface area is 139 Å². The summed E-state index contributed by atoms with van der Waals surface area (Å²) in [6.45, 7) is 12.3. The first kappa shape index (κ1) is 17.5. The van der Waals surface area contributed by atoms with Crippen LogP contribution in [0.5, 0.6) is 0 Å². The third-order valence-electron chi connectivity index (χ3n) is 4.24. The topological polar surface area (TPSA) is 31.2 Å². The summed E-state index contributed by atoms with van der Waals surface area (Å²) < 4.78 is 7.60. The van der Waals surface area contributed by atoms with Crippen LogP contribution in [0.2, 0.25) is 0 Å². The summed E-state index contributed by atoms with van der Waals surface area (Å²) in [6, 6.07) is 0. The predicted molar refractivity (Wildman–Crippen MR) is 96.6 cm³/mol. The van der Waals surface area contributed by atoms with Crippen molar-refractivity contribution in [2.24, 2.45) is 5.92 Å². The van der Waals surface area contributed by atoms with Crippen molar-refractivity contribution in [1.82, 2.24) is 4.57 Å². The Bertz CT molecular complexity index is 673. The monoisotopic (exact) mass is 313 g/mol. The van der Waals surface area contributed by atoms with Gasteiger partial charge in [0, 0.05) is 43.3 Å². The van der Waals surface area contributed by atoms with Crippen molar-refractivity contribution in [2.75, 3.05) is 13.2 Å². The van der Waals surface area contributed by atoms with Gasteiger partial charge >= 0.3 is 0 Å². The number of hydrogen-bond acceptors (Lipinski definition) is 2. The predicted octanol–water partition coefficient (Wildman–Crippen LogP) is 4.12. The van der Waals surface area contributed by atoms with E-state index in [9.17, 15) is 4.79 Å².